The molecular formula is C15H20IN3O4. The quantitative estimate of drug-likeness (QED) is 0.400. The minimum Gasteiger partial charge on any atom is -0.504 e. The van der Waals surface area contributed by atoms with E-state index in [2.05, 4.69) is 10.5 Å². The highest BCUT2D eigenvalue weighted by molar-refractivity contribution is 14.1. The second kappa shape index (κ2) is 9.04. The van der Waals surface area contributed by atoms with Crippen LogP contribution in [0.5, 0.6) is 11.5 Å². The highest BCUT2D eigenvalue weighted by atomic mass is 127. The maximum absolute atomic E-state index is 11.8. The van der Waals surface area contributed by atoms with Crippen LogP contribution < -0.4 is 10.2 Å². The number of morpholine rings is 1. The Morgan fingerprint density at radius 1 is 1.52 bits per heavy atom. The number of nitrogens with zero attached hydrogens (tertiary/aromatic N) is 2. The van der Waals surface area contributed by atoms with Crippen molar-refractivity contribution in [2.45, 2.75) is 6.92 Å². The van der Waals surface area contributed by atoms with Gasteiger partial charge in [-0.3, -0.25) is 9.69 Å². The third-order valence-electron chi connectivity index (χ3n) is 3.22. The van der Waals surface area contributed by atoms with Gasteiger partial charge in [0.15, 0.2) is 11.5 Å². The van der Waals surface area contributed by atoms with Crippen LogP contribution in [-0.2, 0) is 9.53 Å². The van der Waals surface area contributed by atoms with Gasteiger partial charge in [0.1, 0.15) is 0 Å². The SMILES string of the molecule is CCOc1cc(/C=N\NC(=O)CN2CCOCC2)cc(I)c1O. The van der Waals surface area contributed by atoms with E-state index < -0.39 is 0 Å². The minimum atomic E-state index is -0.165. The first-order valence-electron chi connectivity index (χ1n) is 7.37. The largest absolute Gasteiger partial charge is 0.504 e. The minimum absolute atomic E-state index is 0.112. The number of benzene rings is 1. The molecule has 0 aliphatic carbocycles. The van der Waals surface area contributed by atoms with Gasteiger partial charge in [-0.2, -0.15) is 5.10 Å². The molecule has 0 bridgehead atoms. The zero-order valence-corrected chi connectivity index (χ0v) is 15.1. The second-order valence-corrected chi connectivity index (χ2v) is 6.13. The molecular weight excluding hydrogens is 413 g/mol. The van der Waals surface area contributed by atoms with Gasteiger partial charge in [0.2, 0.25) is 0 Å². The molecule has 1 saturated heterocycles. The number of hydrogen-bond acceptors (Lipinski definition) is 6. The molecule has 0 atom stereocenters. The summed E-state index contributed by atoms with van der Waals surface area (Å²) >= 11 is 2.02. The van der Waals surface area contributed by atoms with Crippen molar-refractivity contribution in [2.24, 2.45) is 5.10 Å². The molecule has 2 N–H and O–H groups in total. The van der Waals surface area contributed by atoms with Crippen LogP contribution in [0.1, 0.15) is 12.5 Å². The van der Waals surface area contributed by atoms with E-state index in [1.54, 1.807) is 12.1 Å². The highest BCUT2D eigenvalue weighted by Gasteiger charge is 2.13. The molecule has 126 valence electrons. The van der Waals surface area contributed by atoms with Gasteiger partial charge in [0.25, 0.3) is 5.91 Å². The molecule has 8 heteroatoms. The van der Waals surface area contributed by atoms with Crippen molar-refractivity contribution in [3.63, 3.8) is 0 Å². The van der Waals surface area contributed by atoms with E-state index in [1.807, 2.05) is 34.4 Å². The number of carbonyl (C=O) groups excluding carboxylic acids is 1. The average Bonchev–Trinajstić information content (AvgIpc) is 2.53. The first-order valence-corrected chi connectivity index (χ1v) is 8.45. The molecule has 1 aromatic rings. The van der Waals surface area contributed by atoms with Crippen molar-refractivity contribution in [2.75, 3.05) is 39.5 Å². The van der Waals surface area contributed by atoms with Gasteiger partial charge in [0, 0.05) is 13.1 Å². The Morgan fingerprint density at radius 2 is 2.26 bits per heavy atom. The number of halogens is 1. The molecule has 0 spiro atoms. The maximum Gasteiger partial charge on any atom is 0.254 e. The number of hydrazone groups is 1. The molecule has 1 aliphatic heterocycles. The fraction of sp³-hybridized carbons (Fsp3) is 0.467. The van der Waals surface area contributed by atoms with E-state index in [0.717, 1.165) is 18.7 Å². The third-order valence-corrected chi connectivity index (χ3v) is 4.05. The number of aromatic hydroxyl groups is 1. The lowest BCUT2D eigenvalue weighted by Gasteiger charge is -2.25. The molecule has 7 nitrogen and oxygen atoms in total. The lowest BCUT2D eigenvalue weighted by atomic mass is 10.2. The predicted octanol–water partition coefficient (Wildman–Crippen LogP) is 1.18. The summed E-state index contributed by atoms with van der Waals surface area (Å²) in [6.45, 7) is 5.43. The molecule has 0 aromatic heterocycles. The van der Waals surface area contributed by atoms with Gasteiger partial charge in [-0.1, -0.05) is 0 Å². The second-order valence-electron chi connectivity index (χ2n) is 4.96. The molecule has 1 amide bonds. The molecule has 0 radical (unpaired) electrons. The number of amides is 1. The van der Waals surface area contributed by atoms with Crippen LogP contribution in [0.3, 0.4) is 0 Å². The Labute approximate surface area is 148 Å². The van der Waals surface area contributed by atoms with Crippen molar-refractivity contribution >= 4 is 34.7 Å². The molecule has 2 rings (SSSR count). The number of nitrogens with one attached hydrogen (secondary N) is 1. The zero-order chi connectivity index (χ0) is 16.7. The van der Waals surface area contributed by atoms with E-state index >= 15 is 0 Å². The van der Waals surface area contributed by atoms with Crippen LogP contribution in [0.4, 0.5) is 0 Å². The van der Waals surface area contributed by atoms with Crippen LogP contribution in [0.15, 0.2) is 17.2 Å². The first kappa shape index (κ1) is 18.0. The van der Waals surface area contributed by atoms with Crippen molar-refractivity contribution in [1.29, 1.82) is 0 Å². The summed E-state index contributed by atoms with van der Waals surface area (Å²) in [5.74, 6) is 0.350. The predicted molar refractivity (Wildman–Crippen MR) is 95.0 cm³/mol. The summed E-state index contributed by atoms with van der Waals surface area (Å²) in [7, 11) is 0. The summed E-state index contributed by atoms with van der Waals surface area (Å²) in [5.41, 5.74) is 3.24. The number of phenols is 1. The normalized spacial score (nSPS) is 15.7. The first-order chi connectivity index (χ1) is 11.1. The number of carbonyl (C=O) groups is 1. The summed E-state index contributed by atoms with van der Waals surface area (Å²) in [6, 6.07) is 3.44. The topological polar surface area (TPSA) is 83.4 Å². The highest BCUT2D eigenvalue weighted by Crippen LogP contribution is 2.32. The van der Waals surface area contributed by atoms with E-state index in [-0.39, 0.29) is 11.7 Å². The van der Waals surface area contributed by atoms with Crippen molar-refractivity contribution < 1.29 is 19.4 Å². The lowest BCUT2D eigenvalue weighted by Crippen LogP contribution is -2.42. The van der Waals surface area contributed by atoms with Crippen LogP contribution in [0, 0.1) is 3.57 Å². The van der Waals surface area contributed by atoms with Gasteiger partial charge in [-0.05, 0) is 47.2 Å². The lowest BCUT2D eigenvalue weighted by molar-refractivity contribution is -0.123. The molecule has 1 fully saturated rings. The van der Waals surface area contributed by atoms with Gasteiger partial charge >= 0.3 is 0 Å². The summed E-state index contributed by atoms with van der Waals surface area (Å²) in [5, 5.41) is 13.8. The van der Waals surface area contributed by atoms with E-state index in [4.69, 9.17) is 9.47 Å². The molecule has 1 aromatic carbocycles. The van der Waals surface area contributed by atoms with Crippen LogP contribution >= 0.6 is 22.6 Å². The Hall–Kier alpha value is -1.39. The number of ether oxygens (including phenoxy) is 2. The monoisotopic (exact) mass is 433 g/mol. The molecule has 23 heavy (non-hydrogen) atoms. The number of hydrogen-bond donors (Lipinski definition) is 2. The van der Waals surface area contributed by atoms with E-state index in [9.17, 15) is 9.90 Å². The third kappa shape index (κ3) is 5.63. The van der Waals surface area contributed by atoms with Crippen LogP contribution in [0.25, 0.3) is 0 Å². The van der Waals surface area contributed by atoms with Gasteiger partial charge in [-0.25, -0.2) is 5.43 Å². The Morgan fingerprint density at radius 3 is 2.96 bits per heavy atom. The summed E-state index contributed by atoms with van der Waals surface area (Å²) < 4.78 is 11.3. The fourth-order valence-electron chi connectivity index (χ4n) is 2.11. The average molecular weight is 433 g/mol. The molecule has 1 heterocycles. The van der Waals surface area contributed by atoms with Gasteiger partial charge in [0.05, 0.1) is 36.2 Å². The number of rotatable bonds is 6. The summed E-state index contributed by atoms with van der Waals surface area (Å²) in [6.07, 6.45) is 1.53. The van der Waals surface area contributed by atoms with Crippen molar-refractivity contribution in [3.8, 4) is 11.5 Å². The van der Waals surface area contributed by atoms with Gasteiger partial charge < -0.3 is 14.6 Å². The number of phenolic OH excluding ortho intramolecular Hbond substituents is 1. The summed E-state index contributed by atoms with van der Waals surface area (Å²) in [4.78, 5) is 13.8. The fourth-order valence-corrected chi connectivity index (χ4v) is 2.74. The Balaban J connectivity index is 1.90. The van der Waals surface area contributed by atoms with E-state index in [1.165, 1.54) is 6.21 Å². The van der Waals surface area contributed by atoms with Crippen molar-refractivity contribution in [3.05, 3.63) is 21.3 Å². The molecule has 1 aliphatic rings. The Bertz CT molecular complexity index is 574. The zero-order valence-electron chi connectivity index (χ0n) is 12.9. The Kier molecular flexibility index (Phi) is 7.06. The van der Waals surface area contributed by atoms with Crippen LogP contribution in [0.2, 0.25) is 0 Å². The molecule has 0 unspecified atom stereocenters. The van der Waals surface area contributed by atoms with Crippen molar-refractivity contribution in [1.82, 2.24) is 10.3 Å². The smallest absolute Gasteiger partial charge is 0.254 e. The van der Waals surface area contributed by atoms with E-state index in [0.29, 0.717) is 35.7 Å². The van der Waals surface area contributed by atoms with Gasteiger partial charge in [-0.15, -0.1) is 0 Å². The maximum atomic E-state index is 11.8. The molecule has 0 saturated carbocycles. The standard InChI is InChI=1S/C15H20IN3O4/c1-2-23-13-8-11(7-12(16)15(13)21)9-17-18-14(20)10-19-3-5-22-6-4-19/h7-9,21H,2-6,10H2,1H3,(H,18,20)/b17-9-. The van der Waals surface area contributed by atoms with Crippen LogP contribution in [-0.4, -0.2) is 61.6 Å².